The quantitative estimate of drug-likeness (QED) is 0.160. The lowest BCUT2D eigenvalue weighted by molar-refractivity contribution is 0.0688. The smallest absolute Gasteiger partial charge is 0.344 e. The molecule has 0 saturated carbocycles. The van der Waals surface area contributed by atoms with E-state index in [0.717, 1.165) is 0 Å². The third kappa shape index (κ3) is 5.88. The van der Waals surface area contributed by atoms with Gasteiger partial charge in [-0.2, -0.15) is 0 Å². The van der Waals surface area contributed by atoms with Crippen molar-refractivity contribution in [3.8, 4) is 34.5 Å². The fraction of sp³-hybridized carbons (Fsp3) is 0. The molecule has 0 aliphatic carbocycles. The van der Waals surface area contributed by atoms with E-state index in [0.29, 0.717) is 23.0 Å². The summed E-state index contributed by atoms with van der Waals surface area (Å²) in [5.74, 6) is 0.883. The number of hydrogen-bond donors (Lipinski definition) is 0. The number of esters is 2. The predicted octanol–water partition coefficient (Wildman–Crippen LogP) is 7.71. The number of para-hydroxylation sites is 6. The molecule has 0 radical (unpaired) electrons. The Morgan fingerprint density at radius 3 is 1.08 bits per heavy atom. The van der Waals surface area contributed by atoms with Crippen LogP contribution in [-0.4, -0.2) is 11.9 Å². The summed E-state index contributed by atoms with van der Waals surface area (Å²) < 4.78 is 23.1. The molecule has 5 aromatic carbocycles. The van der Waals surface area contributed by atoms with E-state index in [-0.39, 0.29) is 22.6 Å². The van der Waals surface area contributed by atoms with Gasteiger partial charge >= 0.3 is 11.9 Å². The van der Waals surface area contributed by atoms with Gasteiger partial charge in [-0.1, -0.05) is 72.8 Å². The first-order valence-electron chi connectivity index (χ1n) is 11.8. The van der Waals surface area contributed by atoms with Crippen molar-refractivity contribution in [3.05, 3.63) is 145 Å². The molecule has 0 N–H and O–H groups in total. The largest absolute Gasteiger partial charge is 0.453 e. The fourth-order valence-corrected chi connectivity index (χ4v) is 3.62. The zero-order valence-electron chi connectivity index (χ0n) is 20.2. The molecule has 0 atom stereocenters. The third-order valence-corrected chi connectivity index (χ3v) is 5.41. The van der Waals surface area contributed by atoms with Crippen LogP contribution in [-0.2, 0) is 0 Å². The molecule has 6 nitrogen and oxygen atoms in total. The molecule has 0 aliphatic rings. The minimum Gasteiger partial charge on any atom is -0.453 e. The van der Waals surface area contributed by atoms with E-state index in [2.05, 4.69) is 0 Å². The van der Waals surface area contributed by atoms with Crippen molar-refractivity contribution >= 4 is 11.9 Å². The minimum atomic E-state index is -0.726. The Hall–Kier alpha value is -5.36. The normalized spacial score (nSPS) is 10.3. The number of carbonyl (C=O) groups excluding carboxylic acids is 2. The molecule has 0 fully saturated rings. The van der Waals surface area contributed by atoms with E-state index in [1.807, 2.05) is 36.4 Å². The van der Waals surface area contributed by atoms with E-state index >= 15 is 0 Å². The number of carbonyl (C=O) groups is 2. The lowest BCUT2D eigenvalue weighted by Gasteiger charge is -2.14. The number of benzene rings is 5. The molecule has 0 unspecified atom stereocenters. The van der Waals surface area contributed by atoms with Crippen molar-refractivity contribution in [1.82, 2.24) is 0 Å². The van der Waals surface area contributed by atoms with E-state index in [4.69, 9.17) is 18.9 Å². The van der Waals surface area contributed by atoms with Gasteiger partial charge in [-0.3, -0.25) is 0 Å². The molecular formula is C32H22O6. The van der Waals surface area contributed by atoms with Gasteiger partial charge in [0.05, 0.1) is 11.1 Å². The highest BCUT2D eigenvalue weighted by Crippen LogP contribution is 2.33. The van der Waals surface area contributed by atoms with Crippen molar-refractivity contribution < 1.29 is 28.5 Å². The van der Waals surface area contributed by atoms with Crippen LogP contribution in [0.2, 0.25) is 0 Å². The Bertz CT molecular complexity index is 1430. The van der Waals surface area contributed by atoms with Gasteiger partial charge in [-0.05, 0) is 60.7 Å². The first-order valence-corrected chi connectivity index (χ1v) is 11.8. The Labute approximate surface area is 219 Å². The van der Waals surface area contributed by atoms with Gasteiger partial charge in [-0.25, -0.2) is 9.59 Å². The fourth-order valence-electron chi connectivity index (χ4n) is 3.62. The highest BCUT2D eigenvalue weighted by atomic mass is 16.6. The van der Waals surface area contributed by atoms with E-state index in [1.165, 1.54) is 12.1 Å². The van der Waals surface area contributed by atoms with Crippen molar-refractivity contribution in [3.63, 3.8) is 0 Å². The summed E-state index contributed by atoms with van der Waals surface area (Å²) in [5.41, 5.74) is 0.0990. The highest BCUT2D eigenvalue weighted by Gasteiger charge is 2.22. The second kappa shape index (κ2) is 11.6. The molecule has 186 valence electrons. The van der Waals surface area contributed by atoms with Crippen LogP contribution in [0.1, 0.15) is 20.7 Å². The van der Waals surface area contributed by atoms with Crippen LogP contribution in [0.25, 0.3) is 0 Å². The summed E-state index contributed by atoms with van der Waals surface area (Å²) in [7, 11) is 0. The van der Waals surface area contributed by atoms with E-state index in [1.54, 1.807) is 84.9 Å². The lowest BCUT2D eigenvalue weighted by Crippen LogP contribution is -2.17. The first-order chi connectivity index (χ1) is 18.7. The van der Waals surface area contributed by atoms with Crippen LogP contribution in [0.3, 0.4) is 0 Å². The van der Waals surface area contributed by atoms with E-state index in [9.17, 15) is 9.59 Å². The van der Waals surface area contributed by atoms with E-state index < -0.39 is 11.9 Å². The molecule has 5 rings (SSSR count). The van der Waals surface area contributed by atoms with Crippen molar-refractivity contribution in [1.29, 1.82) is 0 Å². The Kier molecular flexibility index (Phi) is 7.42. The predicted molar refractivity (Wildman–Crippen MR) is 142 cm³/mol. The zero-order valence-corrected chi connectivity index (χ0v) is 20.2. The van der Waals surface area contributed by atoms with Gasteiger partial charge in [-0.15, -0.1) is 0 Å². The van der Waals surface area contributed by atoms with Gasteiger partial charge in [0.15, 0.2) is 23.0 Å². The molecule has 6 heteroatoms. The molecule has 38 heavy (non-hydrogen) atoms. The maximum atomic E-state index is 13.2. The van der Waals surface area contributed by atoms with Crippen molar-refractivity contribution in [2.24, 2.45) is 0 Å². The third-order valence-electron chi connectivity index (χ3n) is 5.41. The molecular weight excluding hydrogens is 480 g/mol. The highest BCUT2D eigenvalue weighted by molar-refractivity contribution is 6.04. The van der Waals surface area contributed by atoms with Crippen LogP contribution >= 0.6 is 0 Å². The van der Waals surface area contributed by atoms with Crippen LogP contribution in [0, 0.1) is 0 Å². The second-order valence-corrected chi connectivity index (χ2v) is 8.05. The Morgan fingerprint density at radius 2 is 0.684 bits per heavy atom. The maximum Gasteiger partial charge on any atom is 0.344 e. The summed E-state index contributed by atoms with van der Waals surface area (Å²) >= 11 is 0. The minimum absolute atomic E-state index is 0.0495. The molecule has 0 amide bonds. The molecule has 0 spiro atoms. The molecule has 0 heterocycles. The lowest BCUT2D eigenvalue weighted by atomic mass is 10.1. The monoisotopic (exact) mass is 502 g/mol. The standard InChI is InChI=1S/C32H22O6/c33-31(37-29-21-11-9-19-27(29)35-23-13-3-1-4-14-23)25-17-7-8-18-26(25)32(34)38-30-22-12-10-20-28(30)36-24-15-5-2-6-16-24/h1-22H. The molecule has 0 bridgehead atoms. The topological polar surface area (TPSA) is 71.1 Å². The van der Waals surface area contributed by atoms with Crippen LogP contribution in [0.5, 0.6) is 34.5 Å². The summed E-state index contributed by atoms with van der Waals surface area (Å²) in [6.45, 7) is 0. The van der Waals surface area contributed by atoms with Gasteiger partial charge in [0.1, 0.15) is 11.5 Å². The Morgan fingerprint density at radius 1 is 0.368 bits per heavy atom. The second-order valence-electron chi connectivity index (χ2n) is 8.05. The van der Waals surface area contributed by atoms with Gasteiger partial charge in [0, 0.05) is 0 Å². The molecule has 0 aromatic heterocycles. The molecule has 0 saturated heterocycles. The number of ether oxygens (including phenoxy) is 4. The Balaban J connectivity index is 1.36. The number of hydrogen-bond acceptors (Lipinski definition) is 6. The maximum absolute atomic E-state index is 13.2. The van der Waals surface area contributed by atoms with Gasteiger partial charge in [0.2, 0.25) is 0 Å². The van der Waals surface area contributed by atoms with Crippen LogP contribution in [0.15, 0.2) is 133 Å². The summed E-state index contributed by atoms with van der Waals surface area (Å²) in [5, 5.41) is 0. The average Bonchev–Trinajstić information content (AvgIpc) is 2.96. The first kappa shape index (κ1) is 24.3. The van der Waals surface area contributed by atoms with Crippen LogP contribution in [0.4, 0.5) is 0 Å². The van der Waals surface area contributed by atoms with Crippen molar-refractivity contribution in [2.75, 3.05) is 0 Å². The van der Waals surface area contributed by atoms with Gasteiger partial charge in [0.25, 0.3) is 0 Å². The van der Waals surface area contributed by atoms with Crippen LogP contribution < -0.4 is 18.9 Å². The number of rotatable bonds is 8. The average molecular weight is 503 g/mol. The zero-order chi connectivity index (χ0) is 26.2. The van der Waals surface area contributed by atoms with Crippen molar-refractivity contribution in [2.45, 2.75) is 0 Å². The molecule has 5 aromatic rings. The summed E-state index contributed by atoms with van der Waals surface area (Å²) in [4.78, 5) is 26.4. The van der Waals surface area contributed by atoms with Gasteiger partial charge < -0.3 is 18.9 Å². The summed E-state index contributed by atoms with van der Waals surface area (Å²) in [6, 6.07) is 38.2. The summed E-state index contributed by atoms with van der Waals surface area (Å²) in [6.07, 6.45) is 0. The molecule has 0 aliphatic heterocycles. The SMILES string of the molecule is O=C(Oc1ccccc1Oc1ccccc1)c1ccccc1C(=O)Oc1ccccc1Oc1ccccc1.